The van der Waals surface area contributed by atoms with Crippen LogP contribution < -0.4 is 10.2 Å². The molecule has 2 unspecified atom stereocenters. The first kappa shape index (κ1) is 13.4. The molecule has 4 heteroatoms. The van der Waals surface area contributed by atoms with E-state index in [1.165, 1.54) is 47.8 Å². The van der Waals surface area contributed by atoms with Crippen LogP contribution in [0.1, 0.15) is 49.6 Å². The fourth-order valence-corrected chi connectivity index (χ4v) is 4.77. The standard InChI is InChI=1S/C15H25N3S/c1-4-16-12-8-13-6-5-7-14(9-12)18(13)15-17-10(2)11(3)19-15/h12-14,16H,4-9H2,1-3H3. The third-order valence-corrected chi connectivity index (χ3v) is 5.79. The quantitative estimate of drug-likeness (QED) is 0.920. The van der Waals surface area contributed by atoms with Crippen LogP contribution in [0.4, 0.5) is 5.13 Å². The van der Waals surface area contributed by atoms with E-state index in [4.69, 9.17) is 4.98 Å². The van der Waals surface area contributed by atoms with Gasteiger partial charge in [0.25, 0.3) is 0 Å². The Hall–Kier alpha value is -0.610. The third kappa shape index (κ3) is 2.52. The van der Waals surface area contributed by atoms with Crippen molar-refractivity contribution in [3.8, 4) is 0 Å². The normalized spacial score (nSPS) is 30.7. The first-order valence-electron chi connectivity index (χ1n) is 7.64. The maximum absolute atomic E-state index is 4.81. The second-order valence-electron chi connectivity index (χ2n) is 6.01. The second-order valence-corrected chi connectivity index (χ2v) is 7.19. The van der Waals surface area contributed by atoms with E-state index in [1.54, 1.807) is 0 Å². The molecule has 0 aromatic carbocycles. The minimum atomic E-state index is 0.710. The molecule has 0 spiro atoms. The zero-order valence-corrected chi connectivity index (χ0v) is 13.1. The zero-order valence-electron chi connectivity index (χ0n) is 12.3. The predicted octanol–water partition coefficient (Wildman–Crippen LogP) is 3.26. The molecule has 0 saturated carbocycles. The average molecular weight is 279 g/mol. The van der Waals surface area contributed by atoms with Gasteiger partial charge in [0.1, 0.15) is 0 Å². The molecular formula is C15H25N3S. The Kier molecular flexibility index (Phi) is 3.81. The molecule has 2 aliphatic heterocycles. The van der Waals surface area contributed by atoms with Crippen molar-refractivity contribution in [2.75, 3.05) is 11.4 Å². The van der Waals surface area contributed by atoms with Crippen LogP contribution in [0.2, 0.25) is 0 Å². The Morgan fingerprint density at radius 2 is 1.95 bits per heavy atom. The Morgan fingerprint density at radius 3 is 2.47 bits per heavy atom. The van der Waals surface area contributed by atoms with Gasteiger partial charge in [-0.25, -0.2) is 4.98 Å². The van der Waals surface area contributed by atoms with Crippen molar-refractivity contribution in [3.05, 3.63) is 10.6 Å². The molecule has 1 N–H and O–H groups in total. The lowest BCUT2D eigenvalue weighted by Crippen LogP contribution is -2.56. The lowest BCUT2D eigenvalue weighted by Gasteiger charge is -2.49. The largest absolute Gasteiger partial charge is 0.342 e. The van der Waals surface area contributed by atoms with Crippen LogP contribution in [0.3, 0.4) is 0 Å². The number of thiazole rings is 1. The van der Waals surface area contributed by atoms with Gasteiger partial charge in [0, 0.05) is 23.0 Å². The molecule has 2 aliphatic rings. The minimum Gasteiger partial charge on any atom is -0.342 e. The Balaban J connectivity index is 1.82. The summed E-state index contributed by atoms with van der Waals surface area (Å²) < 4.78 is 0. The highest BCUT2D eigenvalue weighted by Gasteiger charge is 2.39. The first-order valence-corrected chi connectivity index (χ1v) is 8.46. The van der Waals surface area contributed by atoms with Gasteiger partial charge >= 0.3 is 0 Å². The molecular weight excluding hydrogens is 254 g/mol. The van der Waals surface area contributed by atoms with Crippen molar-refractivity contribution in [2.24, 2.45) is 0 Å². The van der Waals surface area contributed by atoms with Gasteiger partial charge in [-0.15, -0.1) is 11.3 Å². The molecule has 1 aromatic heterocycles. The third-order valence-electron chi connectivity index (χ3n) is 4.71. The fraction of sp³-hybridized carbons (Fsp3) is 0.800. The van der Waals surface area contributed by atoms with Crippen LogP contribution in [-0.2, 0) is 0 Å². The van der Waals surface area contributed by atoms with E-state index in [0.29, 0.717) is 12.1 Å². The molecule has 2 atom stereocenters. The van der Waals surface area contributed by atoms with Crippen LogP contribution in [0.15, 0.2) is 0 Å². The van der Waals surface area contributed by atoms with Crippen molar-refractivity contribution >= 4 is 16.5 Å². The van der Waals surface area contributed by atoms with Gasteiger partial charge < -0.3 is 10.2 Å². The number of aryl methyl sites for hydroxylation is 2. The molecule has 0 amide bonds. The Labute approximate surface area is 120 Å². The number of hydrogen-bond acceptors (Lipinski definition) is 4. The molecule has 3 nitrogen and oxygen atoms in total. The van der Waals surface area contributed by atoms with Gasteiger partial charge in [0.15, 0.2) is 5.13 Å². The number of anilines is 1. The molecule has 2 saturated heterocycles. The van der Waals surface area contributed by atoms with Crippen LogP contribution in [0.25, 0.3) is 0 Å². The van der Waals surface area contributed by atoms with E-state index in [0.717, 1.165) is 12.6 Å². The van der Waals surface area contributed by atoms with E-state index < -0.39 is 0 Å². The molecule has 3 heterocycles. The molecule has 19 heavy (non-hydrogen) atoms. The summed E-state index contributed by atoms with van der Waals surface area (Å²) in [5.74, 6) is 0. The highest BCUT2D eigenvalue weighted by atomic mass is 32.1. The molecule has 0 aliphatic carbocycles. The number of aromatic nitrogens is 1. The molecule has 2 fully saturated rings. The van der Waals surface area contributed by atoms with Gasteiger partial charge in [0.2, 0.25) is 0 Å². The summed E-state index contributed by atoms with van der Waals surface area (Å²) in [5, 5.41) is 4.94. The highest BCUT2D eigenvalue weighted by molar-refractivity contribution is 7.15. The lowest BCUT2D eigenvalue weighted by atomic mass is 9.82. The van der Waals surface area contributed by atoms with Crippen molar-refractivity contribution in [2.45, 2.75) is 71.0 Å². The van der Waals surface area contributed by atoms with E-state index >= 15 is 0 Å². The minimum absolute atomic E-state index is 0.710. The smallest absolute Gasteiger partial charge is 0.186 e. The van der Waals surface area contributed by atoms with Crippen LogP contribution >= 0.6 is 11.3 Å². The van der Waals surface area contributed by atoms with Gasteiger partial charge in [0.05, 0.1) is 5.69 Å². The van der Waals surface area contributed by atoms with E-state index in [2.05, 4.69) is 31.0 Å². The van der Waals surface area contributed by atoms with Gasteiger partial charge in [-0.05, 0) is 52.5 Å². The molecule has 2 bridgehead atoms. The Morgan fingerprint density at radius 1 is 1.26 bits per heavy atom. The van der Waals surface area contributed by atoms with Crippen molar-refractivity contribution < 1.29 is 0 Å². The summed E-state index contributed by atoms with van der Waals surface area (Å²) in [7, 11) is 0. The topological polar surface area (TPSA) is 28.2 Å². The average Bonchev–Trinajstić information content (AvgIpc) is 2.68. The summed E-state index contributed by atoms with van der Waals surface area (Å²) in [6, 6.07) is 2.14. The fourth-order valence-electron chi connectivity index (χ4n) is 3.72. The number of rotatable bonds is 3. The number of nitrogens with one attached hydrogen (secondary N) is 1. The van der Waals surface area contributed by atoms with Gasteiger partial charge in [-0.2, -0.15) is 0 Å². The number of nitrogens with zero attached hydrogens (tertiary/aromatic N) is 2. The van der Waals surface area contributed by atoms with Crippen LogP contribution in [-0.4, -0.2) is 29.7 Å². The number of fused-ring (bicyclic) bond motifs is 2. The van der Waals surface area contributed by atoms with Gasteiger partial charge in [-0.1, -0.05) is 6.92 Å². The first-order chi connectivity index (χ1) is 9.19. The van der Waals surface area contributed by atoms with Crippen molar-refractivity contribution in [3.63, 3.8) is 0 Å². The number of hydrogen-bond donors (Lipinski definition) is 1. The molecule has 0 radical (unpaired) electrons. The van der Waals surface area contributed by atoms with E-state index in [-0.39, 0.29) is 0 Å². The maximum Gasteiger partial charge on any atom is 0.186 e. The second kappa shape index (κ2) is 5.41. The summed E-state index contributed by atoms with van der Waals surface area (Å²) in [5.41, 5.74) is 1.21. The molecule has 3 rings (SSSR count). The highest BCUT2D eigenvalue weighted by Crippen LogP contribution is 2.39. The monoisotopic (exact) mass is 279 g/mol. The molecule has 1 aromatic rings. The van der Waals surface area contributed by atoms with E-state index in [9.17, 15) is 0 Å². The van der Waals surface area contributed by atoms with Crippen LogP contribution in [0.5, 0.6) is 0 Å². The Bertz CT molecular complexity index is 409. The summed E-state index contributed by atoms with van der Waals surface area (Å²) >= 11 is 1.89. The zero-order chi connectivity index (χ0) is 13.4. The van der Waals surface area contributed by atoms with Crippen LogP contribution in [0, 0.1) is 13.8 Å². The lowest BCUT2D eigenvalue weighted by molar-refractivity contribution is 0.247. The van der Waals surface area contributed by atoms with Crippen molar-refractivity contribution in [1.29, 1.82) is 0 Å². The van der Waals surface area contributed by atoms with Gasteiger partial charge in [-0.3, -0.25) is 0 Å². The summed E-state index contributed by atoms with van der Waals surface area (Å²) in [6.45, 7) is 7.64. The SMILES string of the molecule is CCNC1CC2CCCC(C1)N2c1nc(C)c(C)s1. The summed E-state index contributed by atoms with van der Waals surface area (Å²) in [4.78, 5) is 8.84. The predicted molar refractivity (Wildman–Crippen MR) is 82.2 cm³/mol. The number of piperidine rings is 2. The van der Waals surface area contributed by atoms with Crippen molar-refractivity contribution in [1.82, 2.24) is 10.3 Å². The molecule has 106 valence electrons. The summed E-state index contributed by atoms with van der Waals surface area (Å²) in [6.07, 6.45) is 6.67. The maximum atomic E-state index is 4.81. The van der Waals surface area contributed by atoms with E-state index in [1.807, 2.05) is 11.3 Å².